The lowest BCUT2D eigenvalue weighted by Crippen LogP contribution is -2.26. The number of carbonyl (C=O) groups is 1. The van der Waals surface area contributed by atoms with Crippen molar-refractivity contribution < 1.29 is 24.5 Å². The second kappa shape index (κ2) is 9.13. The summed E-state index contributed by atoms with van der Waals surface area (Å²) in [6.45, 7) is 0.766. The van der Waals surface area contributed by atoms with Crippen molar-refractivity contribution in [1.29, 1.82) is 0 Å². The molecule has 2 aromatic carbocycles. The van der Waals surface area contributed by atoms with E-state index in [0.29, 0.717) is 36.7 Å². The number of hydrogen-bond acceptors (Lipinski definition) is 5. The maximum absolute atomic E-state index is 10.8. The Hall–Kier alpha value is -3.12. The van der Waals surface area contributed by atoms with Crippen molar-refractivity contribution in [3.05, 3.63) is 65.9 Å². The van der Waals surface area contributed by atoms with Gasteiger partial charge in [-0.25, -0.2) is 4.98 Å². The Morgan fingerprint density at radius 1 is 1.13 bits per heavy atom. The quantitative estimate of drug-likeness (QED) is 0.535. The summed E-state index contributed by atoms with van der Waals surface area (Å²) in [6.07, 6.45) is 1.58. The number of aliphatic carboxylic acids is 1. The van der Waals surface area contributed by atoms with Crippen molar-refractivity contribution in [3.63, 3.8) is 0 Å². The Kier molecular flexibility index (Phi) is 6.14. The van der Waals surface area contributed by atoms with Gasteiger partial charge in [0.15, 0.2) is 0 Å². The summed E-state index contributed by atoms with van der Waals surface area (Å²) >= 11 is 0. The molecule has 0 radical (unpaired) electrons. The number of fused-ring (bicyclic) bond motifs is 2. The number of carboxylic acid groups (broad SMARTS) is 1. The molecule has 0 bridgehead atoms. The van der Waals surface area contributed by atoms with E-state index in [4.69, 9.17) is 14.6 Å². The van der Waals surface area contributed by atoms with E-state index >= 15 is 0 Å². The average Bonchev–Trinajstić information content (AvgIpc) is 2.76. The average molecular weight is 407 g/mol. The van der Waals surface area contributed by atoms with E-state index < -0.39 is 12.1 Å². The van der Waals surface area contributed by atoms with Crippen molar-refractivity contribution in [3.8, 4) is 11.5 Å². The summed E-state index contributed by atoms with van der Waals surface area (Å²) in [6, 6.07) is 17.4. The highest BCUT2D eigenvalue weighted by Gasteiger charge is 2.29. The van der Waals surface area contributed by atoms with Crippen LogP contribution in [0.15, 0.2) is 54.6 Å². The maximum Gasteiger partial charge on any atom is 0.303 e. The van der Waals surface area contributed by atoms with E-state index in [0.717, 1.165) is 29.4 Å². The van der Waals surface area contributed by atoms with Crippen LogP contribution in [-0.4, -0.2) is 27.8 Å². The van der Waals surface area contributed by atoms with Crippen LogP contribution in [0.25, 0.3) is 10.9 Å². The van der Waals surface area contributed by atoms with E-state index in [1.807, 2.05) is 54.6 Å². The predicted octanol–water partition coefficient (Wildman–Crippen LogP) is 4.50. The van der Waals surface area contributed by atoms with E-state index in [2.05, 4.69) is 4.98 Å². The molecule has 1 aliphatic rings. The van der Waals surface area contributed by atoms with Gasteiger partial charge in [-0.05, 0) is 43.2 Å². The fraction of sp³-hybridized carbons (Fsp3) is 0.333. The number of para-hydroxylation sites is 1. The van der Waals surface area contributed by atoms with Crippen LogP contribution in [0.3, 0.4) is 0 Å². The molecule has 0 fully saturated rings. The zero-order chi connectivity index (χ0) is 20.9. The van der Waals surface area contributed by atoms with E-state index in [1.165, 1.54) is 0 Å². The zero-order valence-electron chi connectivity index (χ0n) is 16.7. The highest BCUT2D eigenvalue weighted by atomic mass is 16.5. The number of aliphatic hydroxyl groups excluding tert-OH is 1. The number of pyridine rings is 1. The standard InChI is InChI=1S/C24H25NO5/c26-23(27)8-4-2-6-17-14-30-22-12-11-19(13-20(22)24(17)28)29-15-18-10-9-16-5-1-3-7-21(16)25-18/h1,3,5,7,9-13,17,24,28H,2,4,6,8,14-15H2,(H,26,27)/t17-,24-/m0/s1. The SMILES string of the molecule is O=C(O)CCCC[C@H]1COc2ccc(OCc3ccc4ccccc4n3)cc2[C@H]1O. The molecule has 1 aromatic heterocycles. The molecule has 6 heteroatoms. The molecular formula is C24H25NO5. The Morgan fingerprint density at radius 2 is 2.00 bits per heavy atom. The van der Waals surface area contributed by atoms with Gasteiger partial charge in [-0.1, -0.05) is 30.7 Å². The summed E-state index contributed by atoms with van der Waals surface area (Å²) in [7, 11) is 0. The fourth-order valence-electron chi connectivity index (χ4n) is 3.79. The molecule has 0 unspecified atom stereocenters. The number of carboxylic acids is 1. The molecule has 2 atom stereocenters. The fourth-order valence-corrected chi connectivity index (χ4v) is 3.79. The molecular weight excluding hydrogens is 382 g/mol. The molecule has 2 N–H and O–H groups in total. The first kappa shape index (κ1) is 20.2. The molecule has 6 nitrogen and oxygen atoms in total. The first-order valence-corrected chi connectivity index (χ1v) is 10.2. The topological polar surface area (TPSA) is 88.9 Å². The van der Waals surface area contributed by atoms with Crippen LogP contribution < -0.4 is 9.47 Å². The van der Waals surface area contributed by atoms with E-state index in [-0.39, 0.29) is 12.3 Å². The van der Waals surface area contributed by atoms with Gasteiger partial charge >= 0.3 is 5.97 Å². The monoisotopic (exact) mass is 407 g/mol. The number of unbranched alkanes of at least 4 members (excludes halogenated alkanes) is 1. The number of ether oxygens (including phenoxy) is 2. The van der Waals surface area contributed by atoms with Gasteiger partial charge in [0, 0.05) is 23.3 Å². The van der Waals surface area contributed by atoms with E-state index in [1.54, 1.807) is 0 Å². The van der Waals surface area contributed by atoms with Crippen molar-refractivity contribution >= 4 is 16.9 Å². The summed E-state index contributed by atoms with van der Waals surface area (Å²) in [5.74, 6) is 0.477. The van der Waals surface area contributed by atoms with Gasteiger partial charge in [0.2, 0.25) is 0 Å². The molecule has 0 saturated heterocycles. The van der Waals surface area contributed by atoms with Crippen molar-refractivity contribution in [2.24, 2.45) is 5.92 Å². The highest BCUT2D eigenvalue weighted by molar-refractivity contribution is 5.78. The Bertz CT molecular complexity index is 1040. The summed E-state index contributed by atoms with van der Waals surface area (Å²) in [5.41, 5.74) is 2.48. The molecule has 0 saturated carbocycles. The lowest BCUT2D eigenvalue weighted by molar-refractivity contribution is -0.137. The molecule has 30 heavy (non-hydrogen) atoms. The second-order valence-electron chi connectivity index (χ2n) is 7.64. The number of benzene rings is 2. The molecule has 156 valence electrons. The first-order valence-electron chi connectivity index (χ1n) is 10.2. The highest BCUT2D eigenvalue weighted by Crippen LogP contribution is 2.39. The second-order valence-corrected chi connectivity index (χ2v) is 7.64. The van der Waals surface area contributed by atoms with Gasteiger partial charge in [0.05, 0.1) is 23.9 Å². The van der Waals surface area contributed by atoms with Crippen LogP contribution in [0.4, 0.5) is 0 Å². The zero-order valence-corrected chi connectivity index (χ0v) is 16.7. The minimum absolute atomic E-state index is 0.0521. The number of aromatic nitrogens is 1. The van der Waals surface area contributed by atoms with Crippen LogP contribution in [-0.2, 0) is 11.4 Å². The van der Waals surface area contributed by atoms with Gasteiger partial charge in [0.1, 0.15) is 18.1 Å². The molecule has 0 aliphatic carbocycles. The van der Waals surface area contributed by atoms with Gasteiger partial charge in [-0.2, -0.15) is 0 Å². The minimum Gasteiger partial charge on any atom is -0.493 e. The normalized spacial score (nSPS) is 17.9. The minimum atomic E-state index is -0.788. The third kappa shape index (κ3) is 4.71. The van der Waals surface area contributed by atoms with E-state index in [9.17, 15) is 9.90 Å². The number of aliphatic hydroxyl groups is 1. The van der Waals surface area contributed by atoms with Crippen molar-refractivity contribution in [1.82, 2.24) is 4.98 Å². The predicted molar refractivity (Wildman–Crippen MR) is 113 cm³/mol. The van der Waals surface area contributed by atoms with Gasteiger partial charge in [0.25, 0.3) is 0 Å². The number of rotatable bonds is 8. The molecule has 0 spiro atoms. The third-order valence-electron chi connectivity index (χ3n) is 5.46. The summed E-state index contributed by atoms with van der Waals surface area (Å²) in [4.78, 5) is 15.3. The van der Waals surface area contributed by atoms with Crippen LogP contribution in [0.5, 0.6) is 11.5 Å². The smallest absolute Gasteiger partial charge is 0.303 e. The van der Waals surface area contributed by atoms with Gasteiger partial charge in [-0.3, -0.25) is 4.79 Å². The van der Waals surface area contributed by atoms with Gasteiger partial charge in [-0.15, -0.1) is 0 Å². The summed E-state index contributed by atoms with van der Waals surface area (Å²) < 4.78 is 11.7. The van der Waals surface area contributed by atoms with Crippen LogP contribution in [0, 0.1) is 5.92 Å². The van der Waals surface area contributed by atoms with Crippen molar-refractivity contribution in [2.45, 2.75) is 38.4 Å². The lowest BCUT2D eigenvalue weighted by atomic mass is 9.89. The molecule has 4 rings (SSSR count). The molecule has 2 heterocycles. The Labute approximate surface area is 175 Å². The summed E-state index contributed by atoms with van der Waals surface area (Å²) in [5, 5.41) is 20.6. The van der Waals surface area contributed by atoms with Crippen LogP contribution in [0.1, 0.15) is 43.0 Å². The first-order chi connectivity index (χ1) is 14.6. The third-order valence-corrected chi connectivity index (χ3v) is 5.46. The van der Waals surface area contributed by atoms with Gasteiger partial charge < -0.3 is 19.7 Å². The largest absolute Gasteiger partial charge is 0.493 e. The molecule has 3 aromatic rings. The van der Waals surface area contributed by atoms with Crippen LogP contribution in [0.2, 0.25) is 0 Å². The van der Waals surface area contributed by atoms with Crippen LogP contribution >= 0.6 is 0 Å². The Morgan fingerprint density at radius 3 is 2.87 bits per heavy atom. The maximum atomic E-state index is 10.8. The number of hydrogen-bond donors (Lipinski definition) is 2. The Balaban J connectivity index is 1.39. The molecule has 0 amide bonds. The van der Waals surface area contributed by atoms with Crippen molar-refractivity contribution in [2.75, 3.05) is 6.61 Å². The molecule has 1 aliphatic heterocycles. The lowest BCUT2D eigenvalue weighted by Gasteiger charge is -2.30. The number of nitrogens with zero attached hydrogens (tertiary/aromatic N) is 1.